The van der Waals surface area contributed by atoms with Gasteiger partial charge < -0.3 is 23.7 Å². The highest BCUT2D eigenvalue weighted by Crippen LogP contribution is 2.26. The first kappa shape index (κ1) is 19.8. The Balaban J connectivity index is 1.55. The average molecular weight is 372 g/mol. The van der Waals surface area contributed by atoms with Crippen LogP contribution >= 0.6 is 0 Å². The van der Waals surface area contributed by atoms with Crippen molar-refractivity contribution in [2.24, 2.45) is 0 Å². The van der Waals surface area contributed by atoms with Crippen molar-refractivity contribution in [3.63, 3.8) is 0 Å². The second-order valence-electron chi connectivity index (χ2n) is 7.07. The zero-order valence-corrected chi connectivity index (χ0v) is 16.2. The normalized spacial score (nSPS) is 19.7. The predicted molar refractivity (Wildman–Crippen MR) is 103 cm³/mol. The van der Waals surface area contributed by atoms with E-state index in [0.29, 0.717) is 26.4 Å². The van der Waals surface area contributed by atoms with Crippen LogP contribution in [0.15, 0.2) is 54.6 Å². The van der Waals surface area contributed by atoms with E-state index in [-0.39, 0.29) is 12.2 Å². The van der Waals surface area contributed by atoms with Gasteiger partial charge in [-0.15, -0.1) is 0 Å². The maximum absolute atomic E-state index is 6.13. The zero-order valence-electron chi connectivity index (χ0n) is 16.2. The molecule has 5 nitrogen and oxygen atoms in total. The largest absolute Gasteiger partial charge is 0.497 e. The van der Waals surface area contributed by atoms with Crippen LogP contribution in [-0.2, 0) is 32.2 Å². The van der Waals surface area contributed by atoms with Gasteiger partial charge in [0.15, 0.2) is 5.79 Å². The molecule has 146 valence electrons. The number of hydrogen-bond acceptors (Lipinski definition) is 5. The molecule has 1 heterocycles. The smallest absolute Gasteiger partial charge is 0.163 e. The van der Waals surface area contributed by atoms with E-state index in [1.165, 1.54) is 0 Å². The highest BCUT2D eigenvalue weighted by atomic mass is 16.7. The molecule has 0 bridgehead atoms. The molecule has 5 heteroatoms. The topological polar surface area (TPSA) is 46.2 Å². The fraction of sp³-hybridized carbons (Fsp3) is 0.455. The van der Waals surface area contributed by atoms with E-state index in [2.05, 4.69) is 0 Å². The van der Waals surface area contributed by atoms with Gasteiger partial charge >= 0.3 is 0 Å². The molecule has 2 atom stereocenters. The molecule has 0 aromatic heterocycles. The highest BCUT2D eigenvalue weighted by molar-refractivity contribution is 5.26. The van der Waals surface area contributed by atoms with Gasteiger partial charge in [0.1, 0.15) is 18.0 Å². The van der Waals surface area contributed by atoms with Crippen LogP contribution in [0.25, 0.3) is 0 Å². The number of hydrogen-bond donors (Lipinski definition) is 0. The standard InChI is InChI=1S/C22H28O5/c1-22(2)26-16-21(27-22)20(25-14-17-7-5-4-6-8-17)15-24-13-18-9-11-19(23-3)12-10-18/h4-12,20-21H,13-16H2,1-3H3/t20-,21-/m0/s1. The molecule has 3 rings (SSSR count). The third-order valence-electron chi connectivity index (χ3n) is 4.46. The molecule has 1 aliphatic heterocycles. The summed E-state index contributed by atoms with van der Waals surface area (Å²) < 4.78 is 28.9. The molecule has 1 aliphatic rings. The number of benzene rings is 2. The molecule has 27 heavy (non-hydrogen) atoms. The summed E-state index contributed by atoms with van der Waals surface area (Å²) in [7, 11) is 1.66. The second kappa shape index (κ2) is 9.33. The molecule has 0 aliphatic carbocycles. The summed E-state index contributed by atoms with van der Waals surface area (Å²) in [6.07, 6.45) is -0.357. The lowest BCUT2D eigenvalue weighted by molar-refractivity contribution is -0.165. The van der Waals surface area contributed by atoms with Gasteiger partial charge in [0, 0.05) is 0 Å². The van der Waals surface area contributed by atoms with Crippen LogP contribution in [0.5, 0.6) is 5.75 Å². The van der Waals surface area contributed by atoms with Gasteiger partial charge in [0.25, 0.3) is 0 Å². The van der Waals surface area contributed by atoms with Crippen molar-refractivity contribution in [1.82, 2.24) is 0 Å². The number of ether oxygens (including phenoxy) is 5. The number of methoxy groups -OCH3 is 1. The van der Waals surface area contributed by atoms with Crippen molar-refractivity contribution >= 4 is 0 Å². The maximum Gasteiger partial charge on any atom is 0.163 e. The van der Waals surface area contributed by atoms with E-state index in [9.17, 15) is 0 Å². The SMILES string of the molecule is COc1ccc(COC[C@H](OCc2ccccc2)[C@@H]2COC(C)(C)O2)cc1. The van der Waals surface area contributed by atoms with E-state index < -0.39 is 5.79 Å². The van der Waals surface area contributed by atoms with Crippen molar-refractivity contribution in [2.75, 3.05) is 20.3 Å². The van der Waals surface area contributed by atoms with Gasteiger partial charge in [-0.3, -0.25) is 0 Å². The van der Waals surface area contributed by atoms with E-state index in [1.54, 1.807) is 7.11 Å². The summed E-state index contributed by atoms with van der Waals surface area (Å²) in [5.74, 6) is 0.246. The average Bonchev–Trinajstić information content (AvgIpc) is 3.05. The Morgan fingerprint density at radius 2 is 1.70 bits per heavy atom. The summed E-state index contributed by atoms with van der Waals surface area (Å²) in [4.78, 5) is 0. The lowest BCUT2D eigenvalue weighted by Gasteiger charge is -2.24. The first-order valence-electron chi connectivity index (χ1n) is 9.24. The molecular weight excluding hydrogens is 344 g/mol. The Bertz CT molecular complexity index is 684. The predicted octanol–water partition coefficient (Wildman–Crippen LogP) is 3.95. The van der Waals surface area contributed by atoms with Gasteiger partial charge in [-0.05, 0) is 37.1 Å². The third kappa shape index (κ3) is 6.04. The molecule has 0 unspecified atom stereocenters. The van der Waals surface area contributed by atoms with Crippen molar-refractivity contribution in [2.45, 2.75) is 45.1 Å². The minimum absolute atomic E-state index is 0.153. The van der Waals surface area contributed by atoms with Gasteiger partial charge in [-0.25, -0.2) is 0 Å². The second-order valence-corrected chi connectivity index (χ2v) is 7.07. The van der Waals surface area contributed by atoms with E-state index in [1.807, 2.05) is 68.4 Å². The van der Waals surface area contributed by atoms with Crippen LogP contribution in [0, 0.1) is 0 Å². The van der Waals surface area contributed by atoms with Crippen molar-refractivity contribution in [3.05, 3.63) is 65.7 Å². The van der Waals surface area contributed by atoms with Gasteiger partial charge in [0.05, 0.1) is 33.5 Å². The van der Waals surface area contributed by atoms with Crippen molar-refractivity contribution in [1.29, 1.82) is 0 Å². The van der Waals surface area contributed by atoms with Crippen LogP contribution in [-0.4, -0.2) is 38.3 Å². The molecule has 1 fully saturated rings. The molecule has 0 N–H and O–H groups in total. The molecule has 0 radical (unpaired) electrons. The summed E-state index contributed by atoms with van der Waals surface area (Å²) in [5.41, 5.74) is 2.21. The Morgan fingerprint density at radius 1 is 1.00 bits per heavy atom. The van der Waals surface area contributed by atoms with E-state index >= 15 is 0 Å². The van der Waals surface area contributed by atoms with Crippen LogP contribution in [0.3, 0.4) is 0 Å². The molecule has 2 aromatic carbocycles. The van der Waals surface area contributed by atoms with Gasteiger partial charge in [-0.1, -0.05) is 42.5 Å². The van der Waals surface area contributed by atoms with E-state index in [4.69, 9.17) is 23.7 Å². The molecule has 2 aromatic rings. The maximum atomic E-state index is 6.13. The fourth-order valence-corrected chi connectivity index (χ4v) is 2.95. The minimum Gasteiger partial charge on any atom is -0.497 e. The Hall–Kier alpha value is -1.92. The lowest BCUT2D eigenvalue weighted by atomic mass is 10.2. The molecular formula is C22H28O5. The van der Waals surface area contributed by atoms with E-state index in [0.717, 1.165) is 16.9 Å². The zero-order chi connectivity index (χ0) is 19.1. The summed E-state index contributed by atoms with van der Waals surface area (Å²) in [6, 6.07) is 18.0. The molecule has 1 saturated heterocycles. The van der Waals surface area contributed by atoms with Gasteiger partial charge in [-0.2, -0.15) is 0 Å². The lowest BCUT2D eigenvalue weighted by Crippen LogP contribution is -2.36. The van der Waals surface area contributed by atoms with Crippen molar-refractivity contribution in [3.8, 4) is 5.75 Å². The van der Waals surface area contributed by atoms with Crippen LogP contribution in [0.2, 0.25) is 0 Å². The Labute approximate surface area is 161 Å². The van der Waals surface area contributed by atoms with Crippen LogP contribution in [0.4, 0.5) is 0 Å². The Morgan fingerprint density at radius 3 is 2.33 bits per heavy atom. The molecule has 0 spiro atoms. The quantitative estimate of drug-likeness (QED) is 0.667. The summed E-state index contributed by atoms with van der Waals surface area (Å²) >= 11 is 0. The molecule has 0 amide bonds. The van der Waals surface area contributed by atoms with Gasteiger partial charge in [0.2, 0.25) is 0 Å². The third-order valence-corrected chi connectivity index (χ3v) is 4.46. The summed E-state index contributed by atoms with van der Waals surface area (Å²) in [6.45, 7) is 5.78. The Kier molecular flexibility index (Phi) is 6.85. The minimum atomic E-state index is -0.588. The number of rotatable bonds is 9. The fourth-order valence-electron chi connectivity index (χ4n) is 2.95. The first-order valence-corrected chi connectivity index (χ1v) is 9.24. The highest BCUT2D eigenvalue weighted by Gasteiger charge is 2.38. The summed E-state index contributed by atoms with van der Waals surface area (Å²) in [5, 5.41) is 0. The van der Waals surface area contributed by atoms with Crippen LogP contribution < -0.4 is 4.74 Å². The monoisotopic (exact) mass is 372 g/mol. The first-order chi connectivity index (χ1) is 13.1. The molecule has 0 saturated carbocycles. The van der Waals surface area contributed by atoms with Crippen LogP contribution in [0.1, 0.15) is 25.0 Å². The van der Waals surface area contributed by atoms with Crippen molar-refractivity contribution < 1.29 is 23.7 Å².